The van der Waals surface area contributed by atoms with Crippen molar-refractivity contribution < 1.29 is 0 Å². The molecule has 2 heterocycles. The number of aromatic nitrogens is 3. The lowest BCUT2D eigenvalue weighted by Gasteiger charge is -2.06. The number of nitrogens with one attached hydrogen (secondary N) is 1. The lowest BCUT2D eigenvalue weighted by molar-refractivity contribution is 1.04. The number of nitrogens with two attached hydrogens (primary N) is 1. The summed E-state index contributed by atoms with van der Waals surface area (Å²) >= 11 is 7.27. The number of nitrogens with zero attached hydrogens (tertiary/aromatic N) is 4. The standard InChI is InChI=1S/C16H11ClN6S/c17-13-7-6-12(24-13)8-10(9-18)14-21-15(19)23-16(22-14)20-11-4-2-1-3-5-11/h1-8H,(H3,19,20,21,22,23). The third-order valence-electron chi connectivity index (χ3n) is 2.92. The highest BCUT2D eigenvalue weighted by Gasteiger charge is 2.10. The van der Waals surface area contributed by atoms with Gasteiger partial charge >= 0.3 is 0 Å². The number of nitriles is 1. The van der Waals surface area contributed by atoms with Gasteiger partial charge in [-0.15, -0.1) is 11.3 Å². The largest absolute Gasteiger partial charge is 0.368 e. The first-order valence-corrected chi connectivity index (χ1v) is 8.04. The molecule has 0 aliphatic heterocycles. The summed E-state index contributed by atoms with van der Waals surface area (Å²) in [6, 6.07) is 15.1. The second-order valence-corrected chi connectivity index (χ2v) is 6.39. The quantitative estimate of drug-likeness (QED) is 0.687. The predicted molar refractivity (Wildman–Crippen MR) is 96.8 cm³/mol. The third kappa shape index (κ3) is 3.87. The summed E-state index contributed by atoms with van der Waals surface area (Å²) in [5.74, 6) is 0.505. The highest BCUT2D eigenvalue weighted by atomic mass is 35.5. The highest BCUT2D eigenvalue weighted by molar-refractivity contribution is 7.17. The molecule has 24 heavy (non-hydrogen) atoms. The Balaban J connectivity index is 1.95. The number of hydrogen-bond donors (Lipinski definition) is 2. The molecular weight excluding hydrogens is 344 g/mol. The maximum Gasteiger partial charge on any atom is 0.232 e. The van der Waals surface area contributed by atoms with E-state index >= 15 is 0 Å². The lowest BCUT2D eigenvalue weighted by Crippen LogP contribution is -2.06. The number of benzene rings is 1. The van der Waals surface area contributed by atoms with Crippen LogP contribution in [0.3, 0.4) is 0 Å². The van der Waals surface area contributed by atoms with E-state index in [9.17, 15) is 5.26 Å². The molecule has 0 aliphatic carbocycles. The molecule has 0 saturated carbocycles. The molecule has 0 unspecified atom stereocenters. The fourth-order valence-electron chi connectivity index (χ4n) is 1.91. The van der Waals surface area contributed by atoms with Gasteiger partial charge < -0.3 is 11.1 Å². The van der Waals surface area contributed by atoms with Gasteiger partial charge in [0, 0.05) is 10.6 Å². The molecule has 3 rings (SSSR count). The Hall–Kier alpha value is -2.95. The van der Waals surface area contributed by atoms with E-state index in [0.717, 1.165) is 10.6 Å². The summed E-state index contributed by atoms with van der Waals surface area (Å²) in [5.41, 5.74) is 6.83. The molecule has 0 atom stereocenters. The first kappa shape index (κ1) is 15.9. The molecule has 118 valence electrons. The van der Waals surface area contributed by atoms with E-state index in [1.807, 2.05) is 36.4 Å². The van der Waals surface area contributed by atoms with Crippen LogP contribution in [0.2, 0.25) is 4.34 Å². The molecule has 8 heteroatoms. The molecule has 0 bridgehead atoms. The van der Waals surface area contributed by atoms with Crippen molar-refractivity contribution in [1.82, 2.24) is 15.0 Å². The van der Waals surface area contributed by atoms with Crippen molar-refractivity contribution in [2.45, 2.75) is 0 Å². The van der Waals surface area contributed by atoms with Crippen LogP contribution in [0.15, 0.2) is 42.5 Å². The molecule has 0 fully saturated rings. The van der Waals surface area contributed by atoms with E-state index in [4.69, 9.17) is 17.3 Å². The van der Waals surface area contributed by atoms with Crippen LogP contribution in [-0.2, 0) is 0 Å². The van der Waals surface area contributed by atoms with Gasteiger partial charge in [0.25, 0.3) is 0 Å². The van der Waals surface area contributed by atoms with Gasteiger partial charge in [0.15, 0.2) is 5.82 Å². The SMILES string of the molecule is N#CC(=Cc1ccc(Cl)s1)c1nc(N)nc(Nc2ccccc2)n1. The van der Waals surface area contributed by atoms with Gasteiger partial charge in [0.05, 0.1) is 9.91 Å². The molecule has 6 nitrogen and oxygen atoms in total. The van der Waals surface area contributed by atoms with Crippen LogP contribution >= 0.6 is 22.9 Å². The minimum atomic E-state index is 0.0313. The van der Waals surface area contributed by atoms with Gasteiger partial charge in [-0.05, 0) is 30.3 Å². The maximum atomic E-state index is 9.41. The number of thiophene rings is 1. The Morgan fingerprint density at radius 3 is 2.62 bits per heavy atom. The van der Waals surface area contributed by atoms with Crippen LogP contribution in [0.25, 0.3) is 11.6 Å². The van der Waals surface area contributed by atoms with Crippen molar-refractivity contribution >= 4 is 52.2 Å². The van der Waals surface area contributed by atoms with Crippen LogP contribution in [0.5, 0.6) is 0 Å². The van der Waals surface area contributed by atoms with Crippen LogP contribution in [0.4, 0.5) is 17.6 Å². The van der Waals surface area contributed by atoms with Gasteiger partial charge in [-0.3, -0.25) is 0 Å². The summed E-state index contributed by atoms with van der Waals surface area (Å²) in [7, 11) is 0. The smallest absolute Gasteiger partial charge is 0.232 e. The van der Waals surface area contributed by atoms with Crippen molar-refractivity contribution in [3.8, 4) is 6.07 Å². The lowest BCUT2D eigenvalue weighted by atomic mass is 10.2. The Morgan fingerprint density at radius 1 is 1.17 bits per heavy atom. The predicted octanol–water partition coefficient (Wildman–Crippen LogP) is 3.98. The number of allylic oxidation sites excluding steroid dienone is 1. The Morgan fingerprint density at radius 2 is 1.96 bits per heavy atom. The summed E-state index contributed by atoms with van der Waals surface area (Å²) in [5, 5.41) is 12.4. The molecule has 2 aromatic heterocycles. The number of rotatable bonds is 4. The second-order valence-electron chi connectivity index (χ2n) is 4.64. The average Bonchev–Trinajstić information content (AvgIpc) is 2.98. The minimum Gasteiger partial charge on any atom is -0.368 e. The number of anilines is 3. The maximum absolute atomic E-state index is 9.41. The first-order chi connectivity index (χ1) is 11.6. The van der Waals surface area contributed by atoms with Crippen molar-refractivity contribution in [1.29, 1.82) is 5.26 Å². The van der Waals surface area contributed by atoms with E-state index in [0.29, 0.717) is 4.34 Å². The summed E-state index contributed by atoms with van der Waals surface area (Å²) in [4.78, 5) is 13.2. The van der Waals surface area contributed by atoms with E-state index in [2.05, 4.69) is 26.3 Å². The van der Waals surface area contributed by atoms with Crippen molar-refractivity contribution in [3.05, 3.63) is 57.5 Å². The molecule has 3 N–H and O–H groups in total. The Labute approximate surface area is 147 Å². The fraction of sp³-hybridized carbons (Fsp3) is 0. The molecule has 0 radical (unpaired) electrons. The molecule has 0 aliphatic rings. The second kappa shape index (κ2) is 7.08. The third-order valence-corrected chi connectivity index (χ3v) is 4.10. The molecule has 0 amide bonds. The van der Waals surface area contributed by atoms with Crippen molar-refractivity contribution in [2.75, 3.05) is 11.1 Å². The normalized spacial score (nSPS) is 11.1. The molecule has 1 aromatic carbocycles. The van der Waals surface area contributed by atoms with E-state index in [-0.39, 0.29) is 23.3 Å². The van der Waals surface area contributed by atoms with Gasteiger partial charge in [-0.25, -0.2) is 0 Å². The summed E-state index contributed by atoms with van der Waals surface area (Å²) in [6.07, 6.45) is 1.66. The zero-order valence-electron chi connectivity index (χ0n) is 12.3. The minimum absolute atomic E-state index is 0.0313. The van der Waals surface area contributed by atoms with Crippen LogP contribution in [0.1, 0.15) is 10.7 Å². The van der Waals surface area contributed by atoms with E-state index in [1.165, 1.54) is 11.3 Å². The molecular formula is C16H11ClN6S. The zero-order chi connectivity index (χ0) is 16.9. The van der Waals surface area contributed by atoms with Gasteiger partial charge in [0.1, 0.15) is 6.07 Å². The van der Waals surface area contributed by atoms with Gasteiger partial charge in [-0.1, -0.05) is 29.8 Å². The molecule has 3 aromatic rings. The Bertz CT molecular complexity index is 929. The van der Waals surface area contributed by atoms with Gasteiger partial charge in [-0.2, -0.15) is 20.2 Å². The molecule has 0 saturated heterocycles. The monoisotopic (exact) mass is 354 g/mol. The number of halogens is 1. The van der Waals surface area contributed by atoms with E-state index in [1.54, 1.807) is 12.1 Å². The zero-order valence-corrected chi connectivity index (χ0v) is 13.8. The topological polar surface area (TPSA) is 101 Å². The summed E-state index contributed by atoms with van der Waals surface area (Å²) < 4.78 is 0.639. The van der Waals surface area contributed by atoms with Gasteiger partial charge in [0.2, 0.25) is 11.9 Å². The van der Waals surface area contributed by atoms with Crippen LogP contribution in [-0.4, -0.2) is 15.0 Å². The molecule has 0 spiro atoms. The number of para-hydroxylation sites is 1. The van der Waals surface area contributed by atoms with Crippen LogP contribution < -0.4 is 11.1 Å². The Kier molecular flexibility index (Phi) is 4.70. The van der Waals surface area contributed by atoms with Crippen molar-refractivity contribution in [2.24, 2.45) is 0 Å². The van der Waals surface area contributed by atoms with Crippen molar-refractivity contribution in [3.63, 3.8) is 0 Å². The highest BCUT2D eigenvalue weighted by Crippen LogP contribution is 2.25. The number of hydrogen-bond acceptors (Lipinski definition) is 7. The first-order valence-electron chi connectivity index (χ1n) is 6.85. The number of nitrogen functional groups attached to an aromatic ring is 1. The summed E-state index contributed by atoms with van der Waals surface area (Å²) in [6.45, 7) is 0. The van der Waals surface area contributed by atoms with Crippen LogP contribution in [0, 0.1) is 11.3 Å². The fourth-order valence-corrected chi connectivity index (χ4v) is 2.92. The average molecular weight is 355 g/mol. The van der Waals surface area contributed by atoms with E-state index < -0.39 is 0 Å².